The molecule has 0 radical (unpaired) electrons. The van der Waals surface area contributed by atoms with Crippen LogP contribution < -0.4 is 5.73 Å². The lowest BCUT2D eigenvalue weighted by atomic mass is 10.2. The molecular weight excluding hydrogens is 182 g/mol. The van der Waals surface area contributed by atoms with Gasteiger partial charge < -0.3 is 10.8 Å². The zero-order chi connectivity index (χ0) is 10.1. The molecule has 2 heterocycles. The predicted molar refractivity (Wildman–Crippen MR) is 49.4 cm³/mol. The zero-order valence-electron chi connectivity index (χ0n) is 7.70. The predicted octanol–water partition coefficient (Wildman–Crippen LogP) is -0.495. The van der Waals surface area contributed by atoms with Gasteiger partial charge in [-0.2, -0.15) is 9.61 Å². The van der Waals surface area contributed by atoms with Crippen LogP contribution in [-0.4, -0.2) is 31.0 Å². The molecule has 0 saturated heterocycles. The fourth-order valence-corrected chi connectivity index (χ4v) is 1.18. The Morgan fingerprint density at radius 3 is 3.00 bits per heavy atom. The quantitative estimate of drug-likeness (QED) is 0.671. The molecule has 0 spiro atoms. The molecule has 2 aromatic rings. The van der Waals surface area contributed by atoms with E-state index in [1.165, 1.54) is 4.52 Å². The topological polar surface area (TPSA) is 89.3 Å². The lowest BCUT2D eigenvalue weighted by Crippen LogP contribution is -2.25. The van der Waals surface area contributed by atoms with Crippen LogP contribution in [0.4, 0.5) is 0 Å². The summed E-state index contributed by atoms with van der Waals surface area (Å²) in [4.78, 5) is 0. The molecule has 2 rings (SSSR count). The Hall–Kier alpha value is -1.53. The van der Waals surface area contributed by atoms with Crippen molar-refractivity contribution in [2.75, 3.05) is 0 Å². The van der Waals surface area contributed by atoms with Crippen molar-refractivity contribution in [1.82, 2.24) is 19.8 Å². The van der Waals surface area contributed by atoms with Gasteiger partial charge in [-0.15, -0.1) is 10.2 Å². The summed E-state index contributed by atoms with van der Waals surface area (Å²) in [7, 11) is 0. The van der Waals surface area contributed by atoms with Crippen LogP contribution in [0.3, 0.4) is 0 Å². The summed E-state index contributed by atoms with van der Waals surface area (Å²) in [5.74, 6) is 0.468. The van der Waals surface area contributed by atoms with Crippen LogP contribution in [-0.2, 0) is 0 Å². The Labute approximate surface area is 80.4 Å². The molecule has 0 aromatic carbocycles. The van der Waals surface area contributed by atoms with E-state index in [-0.39, 0.29) is 0 Å². The van der Waals surface area contributed by atoms with Gasteiger partial charge in [-0.25, -0.2) is 0 Å². The van der Waals surface area contributed by atoms with E-state index in [2.05, 4.69) is 15.3 Å². The average molecular weight is 193 g/mol. The standard InChI is InChI=1S/C8H11N5O/c1-5(14)7(9)8-12-11-6-3-2-4-10-13(6)8/h2-5,7,14H,9H2,1H3. The van der Waals surface area contributed by atoms with Gasteiger partial charge in [0.1, 0.15) is 0 Å². The van der Waals surface area contributed by atoms with Crippen LogP contribution >= 0.6 is 0 Å². The van der Waals surface area contributed by atoms with Gasteiger partial charge in [0, 0.05) is 6.20 Å². The Bertz CT molecular complexity index is 438. The smallest absolute Gasteiger partial charge is 0.177 e. The van der Waals surface area contributed by atoms with Crippen LogP contribution in [0, 0.1) is 0 Å². The van der Waals surface area contributed by atoms with E-state index < -0.39 is 12.1 Å². The molecule has 0 aliphatic carbocycles. The Kier molecular flexibility index (Phi) is 2.14. The first-order chi connectivity index (χ1) is 6.70. The molecule has 6 nitrogen and oxygen atoms in total. The summed E-state index contributed by atoms with van der Waals surface area (Å²) in [6, 6.07) is 2.97. The fourth-order valence-electron chi connectivity index (χ4n) is 1.18. The zero-order valence-corrected chi connectivity index (χ0v) is 7.70. The molecule has 2 atom stereocenters. The normalized spacial score (nSPS) is 15.6. The maximum absolute atomic E-state index is 9.32. The van der Waals surface area contributed by atoms with Gasteiger partial charge in [0.25, 0.3) is 0 Å². The number of rotatable bonds is 2. The first-order valence-corrected chi connectivity index (χ1v) is 4.30. The Balaban J connectivity index is 2.53. The third-order valence-corrected chi connectivity index (χ3v) is 2.02. The van der Waals surface area contributed by atoms with Crippen LogP contribution in [0.2, 0.25) is 0 Å². The Morgan fingerprint density at radius 1 is 1.50 bits per heavy atom. The highest BCUT2D eigenvalue weighted by atomic mass is 16.3. The van der Waals surface area contributed by atoms with Crippen LogP contribution in [0.15, 0.2) is 18.3 Å². The monoisotopic (exact) mass is 193 g/mol. The second-order valence-corrected chi connectivity index (χ2v) is 3.12. The van der Waals surface area contributed by atoms with E-state index >= 15 is 0 Å². The van der Waals surface area contributed by atoms with E-state index in [1.807, 2.05) is 0 Å². The number of nitrogens with two attached hydrogens (primary N) is 1. The van der Waals surface area contributed by atoms with Gasteiger partial charge in [-0.3, -0.25) is 0 Å². The highest BCUT2D eigenvalue weighted by molar-refractivity contribution is 5.35. The minimum absolute atomic E-state index is 0.468. The molecule has 0 aliphatic rings. The molecule has 0 amide bonds. The molecule has 6 heteroatoms. The van der Waals surface area contributed by atoms with Crippen molar-refractivity contribution in [1.29, 1.82) is 0 Å². The van der Waals surface area contributed by atoms with Crippen molar-refractivity contribution in [3.8, 4) is 0 Å². The molecule has 3 N–H and O–H groups in total. The van der Waals surface area contributed by atoms with Crippen molar-refractivity contribution in [3.05, 3.63) is 24.2 Å². The maximum atomic E-state index is 9.32. The lowest BCUT2D eigenvalue weighted by Gasteiger charge is -2.11. The van der Waals surface area contributed by atoms with E-state index in [9.17, 15) is 5.11 Å². The minimum atomic E-state index is -0.676. The molecule has 0 bridgehead atoms. The third kappa shape index (κ3) is 1.34. The number of fused-ring (bicyclic) bond motifs is 1. The molecular formula is C8H11N5O. The average Bonchev–Trinajstić information content (AvgIpc) is 2.60. The molecule has 0 fully saturated rings. The van der Waals surface area contributed by atoms with Crippen molar-refractivity contribution < 1.29 is 5.11 Å². The van der Waals surface area contributed by atoms with E-state index in [1.54, 1.807) is 25.3 Å². The van der Waals surface area contributed by atoms with Crippen molar-refractivity contribution in [3.63, 3.8) is 0 Å². The van der Waals surface area contributed by atoms with Gasteiger partial charge >= 0.3 is 0 Å². The van der Waals surface area contributed by atoms with Crippen LogP contribution in [0.25, 0.3) is 5.65 Å². The first kappa shape index (κ1) is 9.04. The maximum Gasteiger partial charge on any atom is 0.177 e. The molecule has 14 heavy (non-hydrogen) atoms. The second-order valence-electron chi connectivity index (χ2n) is 3.12. The summed E-state index contributed by atoms with van der Waals surface area (Å²) in [5.41, 5.74) is 6.36. The molecule has 0 saturated carbocycles. The fraction of sp³-hybridized carbons (Fsp3) is 0.375. The third-order valence-electron chi connectivity index (χ3n) is 2.02. The van der Waals surface area contributed by atoms with E-state index in [4.69, 9.17) is 5.73 Å². The summed E-state index contributed by atoms with van der Waals surface area (Å²) < 4.78 is 1.53. The molecule has 2 unspecified atom stereocenters. The summed E-state index contributed by atoms with van der Waals surface area (Å²) in [5, 5.41) is 21.1. The van der Waals surface area contributed by atoms with Gasteiger partial charge in [0.15, 0.2) is 11.5 Å². The first-order valence-electron chi connectivity index (χ1n) is 4.30. The van der Waals surface area contributed by atoms with Crippen molar-refractivity contribution in [2.45, 2.75) is 19.1 Å². The number of hydrogen-bond acceptors (Lipinski definition) is 5. The Morgan fingerprint density at radius 2 is 2.29 bits per heavy atom. The van der Waals surface area contributed by atoms with Gasteiger partial charge in [-0.05, 0) is 19.1 Å². The highest BCUT2D eigenvalue weighted by Gasteiger charge is 2.18. The number of nitrogens with zero attached hydrogens (tertiary/aromatic N) is 4. The van der Waals surface area contributed by atoms with Gasteiger partial charge in [0.05, 0.1) is 12.1 Å². The largest absolute Gasteiger partial charge is 0.391 e. The molecule has 2 aromatic heterocycles. The SMILES string of the molecule is CC(O)C(N)c1nnc2cccnn12. The molecule has 0 aliphatic heterocycles. The summed E-state index contributed by atoms with van der Waals surface area (Å²) in [6.07, 6.45) is 0.943. The highest BCUT2D eigenvalue weighted by Crippen LogP contribution is 2.11. The van der Waals surface area contributed by atoms with E-state index in [0.717, 1.165) is 0 Å². The summed E-state index contributed by atoms with van der Waals surface area (Å²) >= 11 is 0. The van der Waals surface area contributed by atoms with Gasteiger partial charge in [-0.1, -0.05) is 0 Å². The van der Waals surface area contributed by atoms with Crippen molar-refractivity contribution in [2.24, 2.45) is 5.73 Å². The van der Waals surface area contributed by atoms with Crippen molar-refractivity contribution >= 4 is 5.65 Å². The summed E-state index contributed by atoms with van der Waals surface area (Å²) in [6.45, 7) is 1.61. The molecule has 74 valence electrons. The minimum Gasteiger partial charge on any atom is -0.391 e. The van der Waals surface area contributed by atoms with Crippen LogP contribution in [0.1, 0.15) is 18.8 Å². The number of aliphatic hydroxyl groups excluding tert-OH is 1. The number of aromatic nitrogens is 4. The second kappa shape index (κ2) is 3.32. The number of aliphatic hydroxyl groups is 1. The van der Waals surface area contributed by atoms with Crippen LogP contribution in [0.5, 0.6) is 0 Å². The van der Waals surface area contributed by atoms with Gasteiger partial charge in [0.2, 0.25) is 0 Å². The lowest BCUT2D eigenvalue weighted by molar-refractivity contribution is 0.159. The number of hydrogen-bond donors (Lipinski definition) is 2. The van der Waals surface area contributed by atoms with E-state index in [0.29, 0.717) is 11.5 Å².